The van der Waals surface area contributed by atoms with E-state index in [2.05, 4.69) is 20.5 Å². The highest BCUT2D eigenvalue weighted by molar-refractivity contribution is 6.30. The van der Waals surface area contributed by atoms with Crippen molar-refractivity contribution in [2.24, 2.45) is 4.99 Å². The SMILES string of the molecule is CN(C)C(=O)CNC(=NCc1cccc(Cl)c1)NCCCN1CCOCC1. The van der Waals surface area contributed by atoms with Crippen LogP contribution in [0.15, 0.2) is 29.3 Å². The number of carbonyl (C=O) groups excluding carboxylic acids is 1. The van der Waals surface area contributed by atoms with E-state index in [0.29, 0.717) is 17.5 Å². The maximum absolute atomic E-state index is 11.8. The van der Waals surface area contributed by atoms with E-state index in [9.17, 15) is 4.79 Å². The minimum Gasteiger partial charge on any atom is -0.379 e. The van der Waals surface area contributed by atoms with Gasteiger partial charge < -0.3 is 20.3 Å². The van der Waals surface area contributed by atoms with Gasteiger partial charge >= 0.3 is 0 Å². The second-order valence-electron chi connectivity index (χ2n) is 6.67. The highest BCUT2D eigenvalue weighted by atomic mass is 35.5. The predicted molar refractivity (Wildman–Crippen MR) is 109 cm³/mol. The first-order chi connectivity index (χ1) is 13.0. The third-order valence-electron chi connectivity index (χ3n) is 4.26. The molecule has 150 valence electrons. The second-order valence-corrected chi connectivity index (χ2v) is 7.11. The Kier molecular flexibility index (Phi) is 9.38. The van der Waals surface area contributed by atoms with Crippen LogP contribution in [0.1, 0.15) is 12.0 Å². The van der Waals surface area contributed by atoms with Crippen LogP contribution in [0.25, 0.3) is 0 Å². The molecule has 0 bridgehead atoms. The molecule has 8 heteroatoms. The average Bonchev–Trinajstić information content (AvgIpc) is 2.67. The highest BCUT2D eigenvalue weighted by Crippen LogP contribution is 2.11. The molecule has 1 saturated heterocycles. The van der Waals surface area contributed by atoms with Gasteiger partial charge in [0.2, 0.25) is 5.91 Å². The Labute approximate surface area is 166 Å². The zero-order valence-corrected chi connectivity index (χ0v) is 17.0. The molecule has 1 aromatic carbocycles. The van der Waals surface area contributed by atoms with E-state index in [0.717, 1.165) is 51.4 Å². The van der Waals surface area contributed by atoms with Gasteiger partial charge in [-0.2, -0.15) is 0 Å². The number of nitrogens with one attached hydrogen (secondary N) is 2. The van der Waals surface area contributed by atoms with Crippen molar-refractivity contribution in [2.75, 3.05) is 60.0 Å². The maximum Gasteiger partial charge on any atom is 0.241 e. The van der Waals surface area contributed by atoms with Gasteiger partial charge in [-0.05, 0) is 30.7 Å². The first-order valence-electron chi connectivity index (χ1n) is 9.31. The van der Waals surface area contributed by atoms with Crippen molar-refractivity contribution in [1.29, 1.82) is 0 Å². The molecule has 2 rings (SSSR count). The number of carbonyl (C=O) groups is 1. The first-order valence-corrected chi connectivity index (χ1v) is 9.69. The van der Waals surface area contributed by atoms with Crippen LogP contribution in [0.3, 0.4) is 0 Å². The predicted octanol–water partition coefficient (Wildman–Crippen LogP) is 1.19. The maximum atomic E-state index is 11.8. The Bertz CT molecular complexity index is 618. The second kappa shape index (κ2) is 11.8. The van der Waals surface area contributed by atoms with Crippen molar-refractivity contribution >= 4 is 23.5 Å². The zero-order chi connectivity index (χ0) is 19.5. The fourth-order valence-electron chi connectivity index (χ4n) is 2.63. The van der Waals surface area contributed by atoms with Crippen molar-refractivity contribution < 1.29 is 9.53 Å². The van der Waals surface area contributed by atoms with Crippen LogP contribution >= 0.6 is 11.6 Å². The summed E-state index contributed by atoms with van der Waals surface area (Å²) < 4.78 is 5.37. The molecule has 0 unspecified atom stereocenters. The van der Waals surface area contributed by atoms with Crippen LogP contribution in [-0.2, 0) is 16.1 Å². The molecule has 7 nitrogen and oxygen atoms in total. The number of hydrogen-bond acceptors (Lipinski definition) is 4. The fourth-order valence-corrected chi connectivity index (χ4v) is 2.84. The normalized spacial score (nSPS) is 15.4. The number of benzene rings is 1. The van der Waals surface area contributed by atoms with Gasteiger partial charge in [0.05, 0.1) is 26.3 Å². The summed E-state index contributed by atoms with van der Waals surface area (Å²) in [6.45, 7) is 6.12. The summed E-state index contributed by atoms with van der Waals surface area (Å²) in [6, 6.07) is 7.63. The summed E-state index contributed by atoms with van der Waals surface area (Å²) in [4.78, 5) is 20.4. The number of rotatable bonds is 8. The molecule has 1 fully saturated rings. The van der Waals surface area contributed by atoms with Gasteiger partial charge in [-0.1, -0.05) is 23.7 Å². The van der Waals surface area contributed by atoms with Crippen molar-refractivity contribution in [3.8, 4) is 0 Å². The molecule has 0 atom stereocenters. The molecule has 2 N–H and O–H groups in total. The lowest BCUT2D eigenvalue weighted by atomic mass is 10.2. The monoisotopic (exact) mass is 395 g/mol. The molecular formula is C19H30ClN5O2. The lowest BCUT2D eigenvalue weighted by Gasteiger charge is -2.26. The topological polar surface area (TPSA) is 69.2 Å². The van der Waals surface area contributed by atoms with E-state index in [4.69, 9.17) is 16.3 Å². The van der Waals surface area contributed by atoms with Crippen molar-refractivity contribution in [1.82, 2.24) is 20.4 Å². The van der Waals surface area contributed by atoms with E-state index < -0.39 is 0 Å². The molecule has 0 aliphatic carbocycles. The Morgan fingerprint density at radius 1 is 1.30 bits per heavy atom. The Balaban J connectivity index is 1.83. The number of amides is 1. The molecule has 27 heavy (non-hydrogen) atoms. The van der Waals surface area contributed by atoms with E-state index >= 15 is 0 Å². The van der Waals surface area contributed by atoms with Crippen LogP contribution in [0.5, 0.6) is 0 Å². The lowest BCUT2D eigenvalue weighted by Crippen LogP contribution is -2.44. The Morgan fingerprint density at radius 3 is 2.78 bits per heavy atom. The van der Waals surface area contributed by atoms with Crippen molar-refractivity contribution in [3.05, 3.63) is 34.9 Å². The van der Waals surface area contributed by atoms with Crippen LogP contribution in [0.2, 0.25) is 5.02 Å². The third-order valence-corrected chi connectivity index (χ3v) is 4.50. The number of halogens is 1. The number of ether oxygens (including phenoxy) is 1. The Morgan fingerprint density at radius 2 is 2.07 bits per heavy atom. The average molecular weight is 396 g/mol. The molecule has 0 saturated carbocycles. The smallest absolute Gasteiger partial charge is 0.241 e. The quantitative estimate of drug-likeness (QED) is 0.393. The van der Waals surface area contributed by atoms with Gasteiger partial charge in [-0.25, -0.2) is 4.99 Å². The number of nitrogens with zero attached hydrogens (tertiary/aromatic N) is 3. The molecule has 1 heterocycles. The molecule has 0 radical (unpaired) electrons. The van der Waals surface area contributed by atoms with Crippen molar-refractivity contribution in [2.45, 2.75) is 13.0 Å². The largest absolute Gasteiger partial charge is 0.379 e. The summed E-state index contributed by atoms with van der Waals surface area (Å²) in [7, 11) is 3.48. The van der Waals surface area contributed by atoms with Crippen molar-refractivity contribution in [3.63, 3.8) is 0 Å². The van der Waals surface area contributed by atoms with Gasteiger partial charge in [-0.15, -0.1) is 0 Å². The number of morpholine rings is 1. The minimum absolute atomic E-state index is 0.000530. The van der Waals surface area contributed by atoms with Crippen LogP contribution in [0.4, 0.5) is 0 Å². The number of hydrogen-bond donors (Lipinski definition) is 2. The van der Waals surface area contributed by atoms with E-state index in [1.165, 1.54) is 0 Å². The van der Waals surface area contributed by atoms with E-state index in [1.54, 1.807) is 19.0 Å². The number of likely N-dealkylation sites (N-methyl/N-ethyl adjacent to an activating group) is 1. The summed E-state index contributed by atoms with van der Waals surface area (Å²) in [5.41, 5.74) is 1.02. The standard InChI is InChI=1S/C19H30ClN5O2/c1-24(2)18(26)15-23-19(22-14-16-5-3-6-17(20)13-16)21-7-4-8-25-9-11-27-12-10-25/h3,5-6,13H,4,7-12,14-15H2,1-2H3,(H2,21,22,23). The number of aliphatic imine (C=N–C) groups is 1. The highest BCUT2D eigenvalue weighted by Gasteiger charge is 2.10. The van der Waals surface area contributed by atoms with Crippen LogP contribution in [-0.4, -0.2) is 81.7 Å². The molecule has 1 aliphatic heterocycles. The van der Waals surface area contributed by atoms with E-state index in [-0.39, 0.29) is 12.5 Å². The van der Waals surface area contributed by atoms with E-state index in [1.807, 2.05) is 24.3 Å². The summed E-state index contributed by atoms with van der Waals surface area (Å²) in [6.07, 6.45) is 0.999. The molecule has 0 spiro atoms. The third kappa shape index (κ3) is 8.60. The first kappa shape index (κ1) is 21.5. The lowest BCUT2D eigenvalue weighted by molar-refractivity contribution is -0.127. The molecule has 0 aromatic heterocycles. The van der Waals surface area contributed by atoms with Gasteiger partial charge in [0, 0.05) is 38.8 Å². The number of guanidine groups is 1. The van der Waals surface area contributed by atoms with Crippen LogP contribution in [0, 0.1) is 0 Å². The fraction of sp³-hybridized carbons (Fsp3) is 0.579. The molecule has 1 aliphatic rings. The molecular weight excluding hydrogens is 366 g/mol. The van der Waals surface area contributed by atoms with Gasteiger partial charge in [0.1, 0.15) is 0 Å². The minimum atomic E-state index is 0.000530. The van der Waals surface area contributed by atoms with Crippen LogP contribution < -0.4 is 10.6 Å². The zero-order valence-electron chi connectivity index (χ0n) is 16.2. The summed E-state index contributed by atoms with van der Waals surface area (Å²) in [5.74, 6) is 0.632. The molecule has 1 aromatic rings. The Hall–Kier alpha value is -1.83. The van der Waals surface area contributed by atoms with Gasteiger partial charge in [0.15, 0.2) is 5.96 Å². The van der Waals surface area contributed by atoms with Gasteiger partial charge in [0.25, 0.3) is 0 Å². The summed E-state index contributed by atoms with van der Waals surface area (Å²) >= 11 is 6.03. The molecule has 1 amide bonds. The summed E-state index contributed by atoms with van der Waals surface area (Å²) in [5, 5.41) is 7.11. The van der Waals surface area contributed by atoms with Gasteiger partial charge in [-0.3, -0.25) is 9.69 Å².